The van der Waals surface area contributed by atoms with Crippen LogP contribution in [0.2, 0.25) is 0 Å². The van der Waals surface area contributed by atoms with Gasteiger partial charge in [0.2, 0.25) is 5.91 Å². The predicted octanol–water partition coefficient (Wildman–Crippen LogP) is 0.411. The molecule has 0 aromatic heterocycles. The van der Waals surface area contributed by atoms with Gasteiger partial charge in [-0.1, -0.05) is 0 Å². The molecule has 0 aromatic carbocycles. The number of nitrogens with two attached hydrogens (primary N) is 1. The summed E-state index contributed by atoms with van der Waals surface area (Å²) in [4.78, 5) is 18.3. The van der Waals surface area contributed by atoms with E-state index >= 15 is 0 Å². The third-order valence-electron chi connectivity index (χ3n) is 3.21. The zero-order valence-corrected chi connectivity index (χ0v) is 11.1. The van der Waals surface area contributed by atoms with Gasteiger partial charge in [0.1, 0.15) is 12.1 Å². The van der Waals surface area contributed by atoms with E-state index in [0.29, 0.717) is 11.3 Å². The first kappa shape index (κ1) is 12.6. The van der Waals surface area contributed by atoms with Gasteiger partial charge in [0.25, 0.3) is 0 Å². The van der Waals surface area contributed by atoms with E-state index in [4.69, 9.17) is 11.1 Å². The van der Waals surface area contributed by atoms with Crippen molar-refractivity contribution in [1.29, 1.82) is 5.41 Å². The first-order valence-electron chi connectivity index (χ1n) is 5.91. The first-order chi connectivity index (χ1) is 8.21. The molecule has 0 bridgehead atoms. The topological polar surface area (TPSA) is 94.6 Å². The highest BCUT2D eigenvalue weighted by Crippen LogP contribution is 2.36. The monoisotopic (exact) mass is 249 g/mol. The minimum atomic E-state index is -0.436. The summed E-state index contributed by atoms with van der Waals surface area (Å²) in [5.41, 5.74) is 6.55. The van der Waals surface area contributed by atoms with E-state index in [1.165, 1.54) is 0 Å². The Morgan fingerprint density at radius 1 is 1.56 bits per heavy atom. The van der Waals surface area contributed by atoms with Crippen molar-refractivity contribution in [1.82, 2.24) is 10.2 Å². The normalized spacial score (nSPS) is 27.3. The lowest BCUT2D eigenvalue weighted by atomic mass is 9.94. The van der Waals surface area contributed by atoms with Crippen molar-refractivity contribution >= 4 is 17.6 Å². The van der Waals surface area contributed by atoms with E-state index < -0.39 is 5.92 Å². The number of rotatable bonds is 1. The molecule has 2 rings (SSSR count). The minimum absolute atomic E-state index is 0.146. The molecular formula is C12H19N5O. The number of carbonyl (C=O) groups is 1. The second-order valence-electron chi connectivity index (χ2n) is 5.68. The fraction of sp³-hybridized carbons (Fsp3) is 0.583. The molecule has 2 atom stereocenters. The highest BCUT2D eigenvalue weighted by Gasteiger charge is 2.46. The molecular weight excluding hydrogens is 230 g/mol. The van der Waals surface area contributed by atoms with Gasteiger partial charge in [-0.25, -0.2) is 4.99 Å². The number of hydrogen-bond acceptors (Lipinski definition) is 5. The molecule has 2 heterocycles. The number of guanidine groups is 1. The van der Waals surface area contributed by atoms with Crippen LogP contribution < -0.4 is 11.1 Å². The van der Waals surface area contributed by atoms with E-state index in [2.05, 4.69) is 10.3 Å². The number of carbonyl (C=O) groups excluding carboxylic acids is 1. The molecule has 4 N–H and O–H groups in total. The van der Waals surface area contributed by atoms with Gasteiger partial charge in [-0.15, -0.1) is 0 Å². The molecule has 98 valence electrons. The summed E-state index contributed by atoms with van der Waals surface area (Å²) < 4.78 is 0. The smallest absolute Gasteiger partial charge is 0.238 e. The molecule has 0 spiro atoms. The number of nitrogens with zero attached hydrogens (tertiary/aromatic N) is 2. The molecule has 2 aliphatic rings. The molecule has 18 heavy (non-hydrogen) atoms. The average molecular weight is 249 g/mol. The van der Waals surface area contributed by atoms with Crippen LogP contribution in [0.3, 0.4) is 0 Å². The molecule has 1 amide bonds. The van der Waals surface area contributed by atoms with Crippen molar-refractivity contribution in [3.8, 4) is 0 Å². The molecule has 0 fully saturated rings. The Balaban J connectivity index is 2.49. The maximum absolute atomic E-state index is 12.0. The third-order valence-corrected chi connectivity index (χ3v) is 3.21. The van der Waals surface area contributed by atoms with Crippen LogP contribution in [0.5, 0.6) is 0 Å². The fourth-order valence-electron chi connectivity index (χ4n) is 2.34. The molecule has 6 heteroatoms. The number of amides is 1. The molecule has 0 aliphatic carbocycles. The fourth-order valence-corrected chi connectivity index (χ4v) is 2.34. The van der Waals surface area contributed by atoms with E-state index in [0.717, 1.165) is 0 Å². The quantitative estimate of drug-likeness (QED) is 0.587. The zero-order chi connectivity index (χ0) is 13.7. The summed E-state index contributed by atoms with van der Waals surface area (Å²) in [6, 6.07) is 0. The summed E-state index contributed by atoms with van der Waals surface area (Å²) in [5, 5.41) is 10.3. The van der Waals surface area contributed by atoms with Gasteiger partial charge in [-0.2, -0.15) is 0 Å². The van der Waals surface area contributed by atoms with Crippen molar-refractivity contribution in [2.75, 3.05) is 0 Å². The van der Waals surface area contributed by atoms with Gasteiger partial charge < -0.3 is 16.0 Å². The van der Waals surface area contributed by atoms with E-state index in [9.17, 15) is 4.79 Å². The van der Waals surface area contributed by atoms with Crippen molar-refractivity contribution in [3.05, 3.63) is 11.8 Å². The van der Waals surface area contributed by atoms with Crippen LogP contribution in [0, 0.1) is 11.3 Å². The molecule has 6 nitrogen and oxygen atoms in total. The average Bonchev–Trinajstić information content (AvgIpc) is 2.55. The standard InChI is InChI=1S/C12H19N5O/c1-6(13)7-5-17(12(2,3)4)9-8(7)10(18)16-11(14)15-9/h5,8-9,13H,1-4H3,(H3,14,15,16,18). The molecule has 2 aliphatic heterocycles. The van der Waals surface area contributed by atoms with Crippen LogP contribution in [0.1, 0.15) is 27.7 Å². The molecule has 0 saturated carbocycles. The Bertz CT molecular complexity index is 471. The highest BCUT2D eigenvalue weighted by molar-refractivity contribution is 6.08. The number of nitrogens with one attached hydrogen (secondary N) is 2. The number of aliphatic imine (C=N–C) groups is 1. The second kappa shape index (κ2) is 3.83. The summed E-state index contributed by atoms with van der Waals surface area (Å²) >= 11 is 0. The second-order valence-corrected chi connectivity index (χ2v) is 5.68. The van der Waals surface area contributed by atoms with E-state index in [1.807, 2.05) is 31.9 Å². The van der Waals surface area contributed by atoms with Crippen LogP contribution in [0.4, 0.5) is 0 Å². The van der Waals surface area contributed by atoms with Crippen LogP contribution in [-0.2, 0) is 4.79 Å². The predicted molar refractivity (Wildman–Crippen MR) is 70.1 cm³/mol. The Morgan fingerprint density at radius 3 is 2.67 bits per heavy atom. The van der Waals surface area contributed by atoms with Gasteiger partial charge in [0.15, 0.2) is 5.96 Å². The van der Waals surface area contributed by atoms with Crippen LogP contribution in [-0.4, -0.2) is 34.2 Å². The Labute approximate surface area is 106 Å². The summed E-state index contributed by atoms with van der Waals surface area (Å²) in [5.74, 6) is -0.473. The maximum atomic E-state index is 12.0. The number of hydrogen-bond donors (Lipinski definition) is 3. The Morgan fingerprint density at radius 2 is 2.17 bits per heavy atom. The Kier molecular flexibility index (Phi) is 2.68. The van der Waals surface area contributed by atoms with Crippen LogP contribution in [0.15, 0.2) is 16.8 Å². The summed E-state index contributed by atoms with van der Waals surface area (Å²) in [6.07, 6.45) is 1.52. The van der Waals surface area contributed by atoms with Gasteiger partial charge in [-0.05, 0) is 27.7 Å². The zero-order valence-electron chi connectivity index (χ0n) is 11.1. The summed E-state index contributed by atoms with van der Waals surface area (Å²) in [7, 11) is 0. The van der Waals surface area contributed by atoms with Gasteiger partial charge in [-0.3, -0.25) is 10.1 Å². The van der Waals surface area contributed by atoms with E-state index in [1.54, 1.807) is 6.92 Å². The van der Waals surface area contributed by atoms with Crippen molar-refractivity contribution in [2.45, 2.75) is 39.4 Å². The minimum Gasteiger partial charge on any atom is -0.370 e. The third kappa shape index (κ3) is 1.87. The highest BCUT2D eigenvalue weighted by atomic mass is 16.2. The number of fused-ring (bicyclic) bond motifs is 1. The van der Waals surface area contributed by atoms with Crippen molar-refractivity contribution in [3.63, 3.8) is 0 Å². The lowest BCUT2D eigenvalue weighted by Crippen LogP contribution is -2.54. The molecule has 0 saturated heterocycles. The van der Waals surface area contributed by atoms with Gasteiger partial charge >= 0.3 is 0 Å². The Hall–Kier alpha value is -1.85. The SMILES string of the molecule is CC(=N)C1=CN(C(C)(C)C)C2N=C(N)NC(=O)C12. The van der Waals surface area contributed by atoms with Gasteiger partial charge in [0, 0.05) is 23.0 Å². The largest absolute Gasteiger partial charge is 0.370 e. The molecule has 0 radical (unpaired) electrons. The molecule has 0 aromatic rings. The van der Waals surface area contributed by atoms with E-state index in [-0.39, 0.29) is 23.6 Å². The van der Waals surface area contributed by atoms with Crippen LogP contribution >= 0.6 is 0 Å². The lowest BCUT2D eigenvalue weighted by molar-refractivity contribution is -0.124. The molecule has 2 unspecified atom stereocenters. The van der Waals surface area contributed by atoms with Crippen molar-refractivity contribution < 1.29 is 4.79 Å². The van der Waals surface area contributed by atoms with Crippen molar-refractivity contribution in [2.24, 2.45) is 16.6 Å². The lowest BCUT2D eigenvalue weighted by Gasteiger charge is -2.38. The maximum Gasteiger partial charge on any atom is 0.238 e. The van der Waals surface area contributed by atoms with Gasteiger partial charge in [0.05, 0.1) is 0 Å². The summed E-state index contributed by atoms with van der Waals surface area (Å²) in [6.45, 7) is 7.81. The van der Waals surface area contributed by atoms with Crippen LogP contribution in [0.25, 0.3) is 0 Å². The first-order valence-corrected chi connectivity index (χ1v) is 5.91.